The van der Waals surface area contributed by atoms with Crippen molar-refractivity contribution in [3.05, 3.63) is 57.5 Å². The molecular formula is C26H31ClN6O3. The first-order chi connectivity index (χ1) is 16.9. The van der Waals surface area contributed by atoms with E-state index < -0.39 is 5.91 Å². The molecule has 1 aromatic carbocycles. The zero-order chi connectivity index (χ0) is 24.5. The number of pyridine rings is 1. The van der Waals surface area contributed by atoms with Crippen LogP contribution in [-0.4, -0.2) is 39.4 Å². The molecule has 1 aliphatic carbocycles. The van der Waals surface area contributed by atoms with Crippen molar-refractivity contribution in [2.75, 3.05) is 23.3 Å². The lowest BCUT2D eigenvalue weighted by molar-refractivity contribution is -0.114. The Hall–Kier alpha value is -3.46. The quantitative estimate of drug-likeness (QED) is 0.543. The van der Waals surface area contributed by atoms with E-state index in [1.54, 1.807) is 12.4 Å². The molecule has 0 spiro atoms. The Morgan fingerprint density at radius 1 is 1.17 bits per heavy atom. The summed E-state index contributed by atoms with van der Waals surface area (Å²) in [4.78, 5) is 49.3. The van der Waals surface area contributed by atoms with Crippen molar-refractivity contribution in [3.8, 4) is 0 Å². The van der Waals surface area contributed by atoms with E-state index in [4.69, 9.17) is 0 Å². The van der Waals surface area contributed by atoms with Crippen LogP contribution in [0.25, 0.3) is 11.0 Å². The summed E-state index contributed by atoms with van der Waals surface area (Å²) in [6.45, 7) is 5.85. The normalized spacial score (nSPS) is 16.8. The number of amides is 2. The number of aryl methyl sites for hydroxylation is 2. The van der Waals surface area contributed by atoms with Gasteiger partial charge in [-0.25, -0.2) is 4.98 Å². The lowest BCUT2D eigenvalue weighted by Gasteiger charge is -2.27. The minimum absolute atomic E-state index is 0. The van der Waals surface area contributed by atoms with E-state index in [-0.39, 0.29) is 35.3 Å². The van der Waals surface area contributed by atoms with Crippen molar-refractivity contribution in [1.29, 1.82) is 0 Å². The van der Waals surface area contributed by atoms with Gasteiger partial charge in [0, 0.05) is 44.6 Å². The fraction of sp³-hybridized carbons (Fsp3) is 0.423. The second-order valence-corrected chi connectivity index (χ2v) is 9.27. The largest absolute Gasteiger partial charge is 0.345 e. The molecule has 0 bridgehead atoms. The highest BCUT2D eigenvalue weighted by Crippen LogP contribution is 2.32. The summed E-state index contributed by atoms with van der Waals surface area (Å²) >= 11 is 0. The molecule has 3 heterocycles. The summed E-state index contributed by atoms with van der Waals surface area (Å²) in [6.07, 6.45) is 7.97. The van der Waals surface area contributed by atoms with Crippen LogP contribution in [0.1, 0.15) is 67.1 Å². The standard InChI is InChI=1S/C26H30N6O3.ClH/c1-3-31-15-21(23(34)20-14-27-26(30-24(20)31)32-11-4-5-12-32)25(35)29-22-8-6-7-17-13-18(28-16(2)33)9-10-19(17)22;/h9-10,13-15,22H,3-8,11-12H2,1-2H3,(H,28,33)(H,29,35);1H. The van der Waals surface area contributed by atoms with E-state index in [9.17, 15) is 14.4 Å². The van der Waals surface area contributed by atoms with Gasteiger partial charge in [0.05, 0.1) is 11.4 Å². The molecule has 2 N–H and O–H groups in total. The van der Waals surface area contributed by atoms with E-state index in [0.717, 1.165) is 62.0 Å². The number of hydrogen-bond donors (Lipinski definition) is 2. The Kier molecular flexibility index (Phi) is 7.59. The zero-order valence-electron chi connectivity index (χ0n) is 20.5. The van der Waals surface area contributed by atoms with Crippen molar-refractivity contribution in [1.82, 2.24) is 19.9 Å². The Bertz CT molecular complexity index is 1370. The van der Waals surface area contributed by atoms with Gasteiger partial charge in [-0.1, -0.05) is 6.07 Å². The number of aromatic nitrogens is 3. The van der Waals surface area contributed by atoms with E-state index in [1.807, 2.05) is 29.7 Å². The molecule has 1 unspecified atom stereocenters. The van der Waals surface area contributed by atoms with Crippen molar-refractivity contribution < 1.29 is 9.59 Å². The van der Waals surface area contributed by atoms with Crippen LogP contribution >= 0.6 is 12.4 Å². The Balaban J connectivity index is 0.00000304. The van der Waals surface area contributed by atoms with Crippen molar-refractivity contribution >= 4 is 46.9 Å². The summed E-state index contributed by atoms with van der Waals surface area (Å²) in [5, 5.41) is 6.24. The van der Waals surface area contributed by atoms with Crippen molar-refractivity contribution in [2.45, 2.75) is 58.5 Å². The average molecular weight is 511 g/mol. The fourth-order valence-electron chi connectivity index (χ4n) is 5.12. The van der Waals surface area contributed by atoms with Gasteiger partial charge in [-0.15, -0.1) is 12.4 Å². The first kappa shape index (κ1) is 25.6. The fourth-order valence-corrected chi connectivity index (χ4v) is 5.12. The van der Waals surface area contributed by atoms with Crippen LogP contribution in [0.5, 0.6) is 0 Å². The second-order valence-electron chi connectivity index (χ2n) is 9.27. The Morgan fingerprint density at radius 3 is 2.67 bits per heavy atom. The number of anilines is 2. The number of fused-ring (bicyclic) bond motifs is 2. The average Bonchev–Trinajstić information content (AvgIpc) is 3.39. The molecule has 0 saturated carbocycles. The summed E-state index contributed by atoms with van der Waals surface area (Å²) in [6, 6.07) is 5.56. The number of carbonyl (C=O) groups is 2. The maximum Gasteiger partial charge on any atom is 0.257 e. The number of rotatable bonds is 5. The third-order valence-corrected chi connectivity index (χ3v) is 6.86. The number of halogens is 1. The van der Waals surface area contributed by atoms with Gasteiger partial charge >= 0.3 is 0 Å². The molecule has 9 nitrogen and oxygen atoms in total. The number of nitrogens with one attached hydrogen (secondary N) is 2. The highest BCUT2D eigenvalue weighted by Gasteiger charge is 2.25. The summed E-state index contributed by atoms with van der Waals surface area (Å²) in [5.41, 5.74) is 3.16. The van der Waals surface area contributed by atoms with Gasteiger partial charge in [-0.2, -0.15) is 4.98 Å². The third kappa shape index (κ3) is 4.93. The van der Waals surface area contributed by atoms with Gasteiger partial charge in [0.15, 0.2) is 0 Å². The maximum absolute atomic E-state index is 13.3. The van der Waals surface area contributed by atoms with Crippen LogP contribution in [0.3, 0.4) is 0 Å². The number of carbonyl (C=O) groups excluding carboxylic acids is 2. The molecule has 1 atom stereocenters. The summed E-state index contributed by atoms with van der Waals surface area (Å²) in [7, 11) is 0. The number of benzene rings is 1. The Labute approximate surface area is 215 Å². The first-order valence-corrected chi connectivity index (χ1v) is 12.3. The predicted octanol–water partition coefficient (Wildman–Crippen LogP) is 3.60. The highest BCUT2D eigenvalue weighted by atomic mass is 35.5. The summed E-state index contributed by atoms with van der Waals surface area (Å²) in [5.74, 6) is 0.114. The van der Waals surface area contributed by atoms with Gasteiger partial charge in [0.2, 0.25) is 17.3 Å². The van der Waals surface area contributed by atoms with E-state index in [1.165, 1.54) is 6.92 Å². The van der Waals surface area contributed by atoms with E-state index in [0.29, 0.717) is 23.5 Å². The first-order valence-electron chi connectivity index (χ1n) is 12.3. The van der Waals surface area contributed by atoms with Gasteiger partial charge in [-0.3, -0.25) is 14.4 Å². The van der Waals surface area contributed by atoms with Gasteiger partial charge in [0.25, 0.3) is 5.91 Å². The summed E-state index contributed by atoms with van der Waals surface area (Å²) < 4.78 is 1.85. The van der Waals surface area contributed by atoms with Gasteiger partial charge < -0.3 is 20.1 Å². The molecule has 3 aromatic rings. The lowest BCUT2D eigenvalue weighted by Crippen LogP contribution is -2.34. The molecule has 36 heavy (non-hydrogen) atoms. The second kappa shape index (κ2) is 10.7. The minimum Gasteiger partial charge on any atom is -0.345 e. The van der Waals surface area contributed by atoms with Gasteiger partial charge in [0.1, 0.15) is 11.2 Å². The van der Waals surface area contributed by atoms with Crippen molar-refractivity contribution in [3.63, 3.8) is 0 Å². The minimum atomic E-state index is -0.397. The molecule has 1 saturated heterocycles. The monoisotopic (exact) mass is 510 g/mol. The molecule has 1 aliphatic heterocycles. The Morgan fingerprint density at radius 2 is 1.94 bits per heavy atom. The molecule has 0 radical (unpaired) electrons. The zero-order valence-corrected chi connectivity index (χ0v) is 21.4. The number of hydrogen-bond acceptors (Lipinski definition) is 6. The molecular weight excluding hydrogens is 480 g/mol. The lowest BCUT2D eigenvalue weighted by atomic mass is 9.87. The van der Waals surface area contributed by atoms with Crippen LogP contribution < -0.4 is 21.0 Å². The molecule has 2 aromatic heterocycles. The molecule has 2 aliphatic rings. The highest BCUT2D eigenvalue weighted by molar-refractivity contribution is 5.97. The van der Waals surface area contributed by atoms with Crippen LogP contribution in [0.15, 0.2) is 35.4 Å². The molecule has 1 fully saturated rings. The van der Waals surface area contributed by atoms with Crippen LogP contribution in [0, 0.1) is 0 Å². The maximum atomic E-state index is 13.3. The van der Waals surface area contributed by atoms with Crippen LogP contribution in [0.4, 0.5) is 11.6 Å². The SMILES string of the molecule is CCn1cc(C(=O)NC2CCCc3cc(NC(C)=O)ccc32)c(=O)c2cnc(N3CCCC3)nc21.Cl. The molecule has 2 amide bonds. The van der Waals surface area contributed by atoms with E-state index in [2.05, 4.69) is 25.5 Å². The van der Waals surface area contributed by atoms with E-state index >= 15 is 0 Å². The third-order valence-electron chi connectivity index (χ3n) is 6.86. The molecule has 10 heteroatoms. The molecule has 5 rings (SSSR count). The smallest absolute Gasteiger partial charge is 0.257 e. The van der Waals surface area contributed by atoms with Crippen molar-refractivity contribution in [2.24, 2.45) is 0 Å². The topological polar surface area (TPSA) is 109 Å². The van der Waals surface area contributed by atoms with Crippen LogP contribution in [-0.2, 0) is 17.8 Å². The molecule has 190 valence electrons. The van der Waals surface area contributed by atoms with Crippen LogP contribution in [0.2, 0.25) is 0 Å². The predicted molar refractivity (Wildman–Crippen MR) is 142 cm³/mol. The number of nitrogens with zero attached hydrogens (tertiary/aromatic N) is 4. The van der Waals surface area contributed by atoms with Gasteiger partial charge in [-0.05, 0) is 62.3 Å².